The Morgan fingerprint density at radius 2 is 2.07 bits per heavy atom. The maximum atomic E-state index is 12.8. The number of aromatic nitrogens is 3. The number of carbonyl (C=O) groups excluding carboxylic acids is 1. The Morgan fingerprint density at radius 3 is 2.76 bits per heavy atom. The Hall–Kier alpha value is -2.39. The lowest BCUT2D eigenvalue weighted by molar-refractivity contribution is -0.142. The Bertz CT molecular complexity index is 991. The maximum Gasteiger partial charge on any atom is 0.251 e. The predicted octanol–water partition coefficient (Wildman–Crippen LogP) is 1.83. The second-order valence-corrected chi connectivity index (χ2v) is 9.54. The average molecular weight is 417 g/mol. The van der Waals surface area contributed by atoms with Gasteiger partial charge in [-0.05, 0) is 37.8 Å². The number of likely N-dealkylation sites (tertiary alicyclic amines) is 1. The first-order chi connectivity index (χ1) is 13.9. The van der Waals surface area contributed by atoms with Gasteiger partial charge in [-0.2, -0.15) is 0 Å². The molecule has 2 unspecified atom stereocenters. The van der Waals surface area contributed by atoms with Crippen molar-refractivity contribution in [2.24, 2.45) is 0 Å². The first-order valence-corrected chi connectivity index (χ1v) is 11.7. The Balaban J connectivity index is 1.67. The predicted molar refractivity (Wildman–Crippen MR) is 106 cm³/mol. The topological polar surface area (TPSA) is 102 Å². The number of carbonyl (C=O) groups is 1. The van der Waals surface area contributed by atoms with Gasteiger partial charge in [0.05, 0.1) is 5.69 Å². The fourth-order valence-electron chi connectivity index (χ4n) is 3.96. The number of hydrogen-bond acceptors (Lipinski definition) is 7. The first-order valence-electron chi connectivity index (χ1n) is 9.82. The molecule has 8 nitrogen and oxygen atoms in total. The SMILES string of the molecule is CS(=O)(=O)c1cnc(-c2ccccn2)nc1C1CCCN(C(=O)C2CCCO2)C1. The Morgan fingerprint density at radius 1 is 1.21 bits per heavy atom. The van der Waals surface area contributed by atoms with E-state index in [1.807, 2.05) is 6.07 Å². The van der Waals surface area contributed by atoms with Crippen LogP contribution in [0.2, 0.25) is 0 Å². The minimum Gasteiger partial charge on any atom is -0.368 e. The van der Waals surface area contributed by atoms with Gasteiger partial charge in [-0.1, -0.05) is 6.07 Å². The standard InChI is InChI=1S/C20H24N4O4S/c1-29(26,27)17-12-22-19(15-7-2-3-9-21-15)23-18(17)14-6-4-10-24(13-14)20(25)16-8-5-11-28-16/h2-3,7,9,12,14,16H,4-6,8,10-11,13H2,1H3. The lowest BCUT2D eigenvalue weighted by Gasteiger charge is -2.34. The van der Waals surface area contributed by atoms with Gasteiger partial charge in [-0.3, -0.25) is 9.78 Å². The lowest BCUT2D eigenvalue weighted by atomic mass is 9.94. The number of pyridine rings is 1. The molecule has 4 heterocycles. The fourth-order valence-corrected chi connectivity index (χ4v) is 4.79. The van der Waals surface area contributed by atoms with Gasteiger partial charge in [-0.25, -0.2) is 18.4 Å². The van der Waals surface area contributed by atoms with E-state index in [1.54, 1.807) is 23.2 Å². The zero-order valence-corrected chi connectivity index (χ0v) is 17.1. The van der Waals surface area contributed by atoms with Crippen molar-refractivity contribution in [2.45, 2.75) is 42.6 Å². The highest BCUT2D eigenvalue weighted by Crippen LogP contribution is 2.32. The van der Waals surface area contributed by atoms with E-state index in [1.165, 1.54) is 6.20 Å². The smallest absolute Gasteiger partial charge is 0.251 e. The van der Waals surface area contributed by atoms with Gasteiger partial charge in [0.25, 0.3) is 5.91 Å². The molecule has 1 amide bonds. The highest BCUT2D eigenvalue weighted by Gasteiger charge is 2.34. The van der Waals surface area contributed by atoms with E-state index in [0.717, 1.165) is 31.9 Å². The summed E-state index contributed by atoms with van der Waals surface area (Å²) < 4.78 is 30.3. The van der Waals surface area contributed by atoms with E-state index in [4.69, 9.17) is 4.74 Å². The summed E-state index contributed by atoms with van der Waals surface area (Å²) in [7, 11) is -3.51. The molecule has 0 radical (unpaired) electrons. The van der Waals surface area contributed by atoms with E-state index in [9.17, 15) is 13.2 Å². The highest BCUT2D eigenvalue weighted by atomic mass is 32.2. The summed E-state index contributed by atoms with van der Waals surface area (Å²) in [5, 5.41) is 0. The second kappa shape index (κ2) is 8.16. The van der Waals surface area contributed by atoms with Crippen molar-refractivity contribution in [1.82, 2.24) is 19.9 Å². The minimum atomic E-state index is -3.51. The molecule has 2 aromatic rings. The molecule has 0 N–H and O–H groups in total. The molecule has 9 heteroatoms. The van der Waals surface area contributed by atoms with Crippen molar-refractivity contribution in [3.8, 4) is 11.5 Å². The Kier molecular flexibility index (Phi) is 5.60. The maximum absolute atomic E-state index is 12.8. The van der Waals surface area contributed by atoms with Gasteiger partial charge in [-0.15, -0.1) is 0 Å². The van der Waals surface area contributed by atoms with Gasteiger partial charge >= 0.3 is 0 Å². The van der Waals surface area contributed by atoms with Crippen molar-refractivity contribution in [2.75, 3.05) is 26.0 Å². The third-order valence-corrected chi connectivity index (χ3v) is 6.51. The van der Waals surface area contributed by atoms with E-state index in [0.29, 0.717) is 36.9 Å². The highest BCUT2D eigenvalue weighted by molar-refractivity contribution is 7.90. The van der Waals surface area contributed by atoms with Gasteiger partial charge in [0.15, 0.2) is 15.7 Å². The third-order valence-electron chi connectivity index (χ3n) is 5.40. The molecular formula is C20H24N4O4S. The van der Waals surface area contributed by atoms with E-state index in [2.05, 4.69) is 15.0 Å². The number of sulfone groups is 1. The summed E-state index contributed by atoms with van der Waals surface area (Å²) in [6, 6.07) is 5.41. The molecule has 0 aliphatic carbocycles. The van der Waals surface area contributed by atoms with Crippen LogP contribution in [0.1, 0.15) is 37.3 Å². The molecule has 29 heavy (non-hydrogen) atoms. The van der Waals surface area contributed by atoms with Crippen LogP contribution in [0.5, 0.6) is 0 Å². The average Bonchev–Trinajstić information content (AvgIpc) is 3.28. The normalized spacial score (nSPS) is 22.6. The number of piperidine rings is 1. The quantitative estimate of drug-likeness (QED) is 0.749. The third kappa shape index (κ3) is 4.30. The zero-order valence-electron chi connectivity index (χ0n) is 16.3. The molecule has 2 saturated heterocycles. The van der Waals surface area contributed by atoms with Crippen LogP contribution in [0.3, 0.4) is 0 Å². The summed E-state index contributed by atoms with van der Waals surface area (Å²) >= 11 is 0. The van der Waals surface area contributed by atoms with E-state index < -0.39 is 9.84 Å². The van der Waals surface area contributed by atoms with Crippen molar-refractivity contribution in [1.29, 1.82) is 0 Å². The van der Waals surface area contributed by atoms with Crippen molar-refractivity contribution < 1.29 is 17.9 Å². The fraction of sp³-hybridized carbons (Fsp3) is 0.500. The molecule has 154 valence electrons. The number of nitrogens with zero attached hydrogens (tertiary/aromatic N) is 4. The summed E-state index contributed by atoms with van der Waals surface area (Å²) in [6.07, 6.45) is 6.97. The van der Waals surface area contributed by atoms with Gasteiger partial charge in [0.2, 0.25) is 0 Å². The lowest BCUT2D eigenvalue weighted by Crippen LogP contribution is -2.44. The summed E-state index contributed by atoms with van der Waals surface area (Å²) in [5.41, 5.74) is 1.05. The largest absolute Gasteiger partial charge is 0.368 e. The van der Waals surface area contributed by atoms with Crippen molar-refractivity contribution in [3.05, 3.63) is 36.3 Å². The number of amides is 1. The molecule has 2 aliphatic rings. The summed E-state index contributed by atoms with van der Waals surface area (Å²) in [5.74, 6) is 0.201. The van der Waals surface area contributed by atoms with Crippen LogP contribution < -0.4 is 0 Å². The van der Waals surface area contributed by atoms with Crippen LogP contribution in [0.4, 0.5) is 0 Å². The summed E-state index contributed by atoms with van der Waals surface area (Å²) in [6.45, 7) is 1.70. The number of ether oxygens (including phenoxy) is 1. The number of hydrogen-bond donors (Lipinski definition) is 0. The van der Waals surface area contributed by atoms with Crippen molar-refractivity contribution >= 4 is 15.7 Å². The number of rotatable bonds is 4. The van der Waals surface area contributed by atoms with Gasteiger partial charge < -0.3 is 9.64 Å². The van der Waals surface area contributed by atoms with Crippen molar-refractivity contribution in [3.63, 3.8) is 0 Å². The van der Waals surface area contributed by atoms with Gasteiger partial charge in [0, 0.05) is 44.3 Å². The Labute approximate surface area is 170 Å². The zero-order chi connectivity index (χ0) is 20.4. The summed E-state index contributed by atoms with van der Waals surface area (Å²) in [4.78, 5) is 27.8. The monoisotopic (exact) mass is 416 g/mol. The van der Waals surface area contributed by atoms with Crippen LogP contribution in [0.25, 0.3) is 11.5 Å². The molecule has 4 rings (SSSR count). The molecule has 2 atom stereocenters. The second-order valence-electron chi connectivity index (χ2n) is 7.56. The molecule has 2 aromatic heterocycles. The molecule has 0 saturated carbocycles. The first kappa shape index (κ1) is 19.9. The molecular weight excluding hydrogens is 392 g/mol. The van der Waals surface area contributed by atoms with Crippen LogP contribution >= 0.6 is 0 Å². The molecule has 2 fully saturated rings. The molecule has 2 aliphatic heterocycles. The van der Waals surface area contributed by atoms with E-state index >= 15 is 0 Å². The van der Waals surface area contributed by atoms with Crippen LogP contribution in [-0.2, 0) is 19.4 Å². The van der Waals surface area contributed by atoms with Crippen LogP contribution in [0, 0.1) is 0 Å². The van der Waals surface area contributed by atoms with Crippen LogP contribution in [-0.4, -0.2) is 66.2 Å². The van der Waals surface area contributed by atoms with Gasteiger partial charge in [0.1, 0.15) is 16.7 Å². The molecule has 0 spiro atoms. The molecule has 0 bridgehead atoms. The molecule has 0 aromatic carbocycles. The van der Waals surface area contributed by atoms with E-state index in [-0.39, 0.29) is 22.8 Å². The van der Waals surface area contributed by atoms with Crippen LogP contribution in [0.15, 0.2) is 35.5 Å². The minimum absolute atomic E-state index is 0.00730.